The molecule has 1 saturated heterocycles. The van der Waals surface area contributed by atoms with Crippen LogP contribution in [0.15, 0.2) is 22.7 Å². The van der Waals surface area contributed by atoms with Gasteiger partial charge in [-0.15, -0.1) is 0 Å². The number of benzene rings is 1. The van der Waals surface area contributed by atoms with E-state index in [2.05, 4.69) is 39.4 Å². The Labute approximate surface area is 133 Å². The van der Waals surface area contributed by atoms with E-state index < -0.39 is 0 Å². The number of likely N-dealkylation sites (N-methyl/N-ethyl adjacent to an activating group) is 1. The van der Waals surface area contributed by atoms with Gasteiger partial charge >= 0.3 is 0 Å². The summed E-state index contributed by atoms with van der Waals surface area (Å²) in [6.07, 6.45) is 0.879. The van der Waals surface area contributed by atoms with Crippen LogP contribution in [0.2, 0.25) is 0 Å². The molecule has 0 bridgehead atoms. The Morgan fingerprint density at radius 3 is 3.05 bits per heavy atom. The molecular weight excluding hydrogens is 338 g/mol. The molecule has 6 heteroatoms. The van der Waals surface area contributed by atoms with Gasteiger partial charge in [0.1, 0.15) is 5.75 Å². The molecule has 0 saturated carbocycles. The number of nitrogens with two attached hydrogens (primary N) is 1. The Kier molecular flexibility index (Phi) is 6.17. The Morgan fingerprint density at radius 1 is 1.60 bits per heavy atom. The Balaban J connectivity index is 2.13. The summed E-state index contributed by atoms with van der Waals surface area (Å²) in [7, 11) is 3.87. The van der Waals surface area contributed by atoms with Crippen LogP contribution >= 0.6 is 27.7 Å². The number of halogens is 1. The molecule has 2 rings (SSSR count). The van der Waals surface area contributed by atoms with Crippen molar-refractivity contribution in [2.24, 2.45) is 5.84 Å². The summed E-state index contributed by atoms with van der Waals surface area (Å²) in [5.41, 5.74) is 4.22. The zero-order chi connectivity index (χ0) is 14.5. The molecule has 0 radical (unpaired) electrons. The molecule has 0 aromatic heterocycles. The largest absolute Gasteiger partial charge is 0.497 e. The first-order valence-corrected chi connectivity index (χ1v) is 8.67. The summed E-state index contributed by atoms with van der Waals surface area (Å²) in [5.74, 6) is 9.00. The summed E-state index contributed by atoms with van der Waals surface area (Å²) in [6.45, 7) is 1.12. The van der Waals surface area contributed by atoms with Crippen molar-refractivity contribution in [2.45, 2.75) is 18.5 Å². The predicted octanol–water partition coefficient (Wildman–Crippen LogP) is 1.88. The number of nitrogens with zero attached hydrogens (tertiary/aromatic N) is 1. The van der Waals surface area contributed by atoms with E-state index in [-0.39, 0.29) is 6.04 Å². The SMILES string of the molecule is COc1ccc(Br)c(CC(NN)C2CSCCN2C)c1. The summed E-state index contributed by atoms with van der Waals surface area (Å²) >= 11 is 5.61. The lowest BCUT2D eigenvalue weighted by molar-refractivity contribution is 0.214. The number of nitrogens with one attached hydrogen (secondary N) is 1. The second-order valence-corrected chi connectivity index (χ2v) is 7.06. The molecule has 20 heavy (non-hydrogen) atoms. The van der Waals surface area contributed by atoms with Crippen LogP contribution in [0.5, 0.6) is 5.75 Å². The van der Waals surface area contributed by atoms with Crippen LogP contribution in [-0.2, 0) is 6.42 Å². The Morgan fingerprint density at radius 2 is 2.40 bits per heavy atom. The van der Waals surface area contributed by atoms with Gasteiger partial charge in [0, 0.05) is 34.6 Å². The number of ether oxygens (including phenoxy) is 1. The molecule has 0 amide bonds. The van der Waals surface area contributed by atoms with E-state index in [9.17, 15) is 0 Å². The molecule has 112 valence electrons. The molecule has 1 aromatic carbocycles. The summed E-state index contributed by atoms with van der Waals surface area (Å²) < 4.78 is 6.41. The summed E-state index contributed by atoms with van der Waals surface area (Å²) in [6, 6.07) is 6.75. The Bertz CT molecular complexity index is 446. The highest BCUT2D eigenvalue weighted by atomic mass is 79.9. The number of thioether (sulfide) groups is 1. The first-order chi connectivity index (χ1) is 9.65. The van der Waals surface area contributed by atoms with E-state index in [1.165, 1.54) is 11.3 Å². The number of methoxy groups -OCH3 is 1. The van der Waals surface area contributed by atoms with E-state index >= 15 is 0 Å². The molecule has 1 heterocycles. The number of rotatable bonds is 5. The van der Waals surface area contributed by atoms with Crippen LogP contribution in [0.1, 0.15) is 5.56 Å². The highest BCUT2D eigenvalue weighted by molar-refractivity contribution is 9.10. The van der Waals surface area contributed by atoms with Crippen molar-refractivity contribution >= 4 is 27.7 Å². The second-order valence-electron chi connectivity index (χ2n) is 5.06. The maximum Gasteiger partial charge on any atom is 0.119 e. The van der Waals surface area contributed by atoms with E-state index in [0.29, 0.717) is 6.04 Å². The minimum Gasteiger partial charge on any atom is -0.497 e. The van der Waals surface area contributed by atoms with Crippen molar-refractivity contribution < 1.29 is 4.74 Å². The van der Waals surface area contributed by atoms with Gasteiger partial charge in [0.15, 0.2) is 0 Å². The lowest BCUT2D eigenvalue weighted by atomic mass is 9.99. The van der Waals surface area contributed by atoms with Gasteiger partial charge < -0.3 is 9.64 Å². The minimum absolute atomic E-state index is 0.233. The van der Waals surface area contributed by atoms with Crippen molar-refractivity contribution in [3.8, 4) is 5.75 Å². The topological polar surface area (TPSA) is 50.5 Å². The van der Waals surface area contributed by atoms with Gasteiger partial charge in [0.25, 0.3) is 0 Å². The second kappa shape index (κ2) is 7.66. The molecule has 0 aliphatic carbocycles. The predicted molar refractivity (Wildman–Crippen MR) is 89.3 cm³/mol. The van der Waals surface area contributed by atoms with Gasteiger partial charge in [0.05, 0.1) is 7.11 Å². The molecule has 1 aromatic rings. The van der Waals surface area contributed by atoms with Gasteiger partial charge in [-0.05, 0) is 37.2 Å². The molecule has 1 fully saturated rings. The van der Waals surface area contributed by atoms with Crippen molar-refractivity contribution in [3.63, 3.8) is 0 Å². The van der Waals surface area contributed by atoms with Gasteiger partial charge in [-0.25, -0.2) is 0 Å². The average Bonchev–Trinajstić information content (AvgIpc) is 2.47. The normalized spacial score (nSPS) is 21.7. The van der Waals surface area contributed by atoms with Crippen molar-refractivity contribution in [3.05, 3.63) is 28.2 Å². The summed E-state index contributed by atoms with van der Waals surface area (Å²) in [5, 5.41) is 0. The first kappa shape index (κ1) is 16.1. The fourth-order valence-electron chi connectivity index (χ4n) is 2.51. The maximum absolute atomic E-state index is 5.80. The third kappa shape index (κ3) is 3.89. The average molecular weight is 360 g/mol. The fraction of sp³-hybridized carbons (Fsp3) is 0.571. The van der Waals surface area contributed by atoms with Crippen LogP contribution in [-0.4, -0.2) is 49.2 Å². The van der Waals surface area contributed by atoms with Gasteiger partial charge in [0.2, 0.25) is 0 Å². The molecule has 3 N–H and O–H groups in total. The Hall–Kier alpha value is -0.270. The number of hydrogen-bond donors (Lipinski definition) is 2. The molecule has 1 aliphatic rings. The van der Waals surface area contributed by atoms with E-state index in [4.69, 9.17) is 10.6 Å². The smallest absolute Gasteiger partial charge is 0.119 e. The third-order valence-corrected chi connectivity index (χ3v) is 5.64. The van der Waals surface area contributed by atoms with Gasteiger partial charge in [-0.2, -0.15) is 11.8 Å². The molecule has 4 nitrogen and oxygen atoms in total. The molecule has 2 atom stereocenters. The lowest BCUT2D eigenvalue weighted by Gasteiger charge is -2.37. The quantitative estimate of drug-likeness (QED) is 0.620. The van der Waals surface area contributed by atoms with Gasteiger partial charge in [-0.1, -0.05) is 15.9 Å². The van der Waals surface area contributed by atoms with Crippen molar-refractivity contribution in [1.82, 2.24) is 10.3 Å². The molecule has 0 spiro atoms. The van der Waals surface area contributed by atoms with E-state index in [1.807, 2.05) is 23.9 Å². The summed E-state index contributed by atoms with van der Waals surface area (Å²) in [4.78, 5) is 2.40. The minimum atomic E-state index is 0.233. The standard InChI is InChI=1S/C14H22BrN3OS/c1-18-5-6-20-9-14(18)13(17-16)8-10-7-11(19-2)3-4-12(10)15/h3-4,7,13-14,17H,5-6,8-9,16H2,1-2H3. The third-order valence-electron chi connectivity index (χ3n) is 3.81. The molecular formula is C14H22BrN3OS. The maximum atomic E-state index is 5.80. The molecule has 2 unspecified atom stereocenters. The van der Waals surface area contributed by atoms with Crippen LogP contribution in [0, 0.1) is 0 Å². The van der Waals surface area contributed by atoms with Crippen molar-refractivity contribution in [1.29, 1.82) is 0 Å². The van der Waals surface area contributed by atoms with Crippen molar-refractivity contribution in [2.75, 3.05) is 32.2 Å². The zero-order valence-electron chi connectivity index (χ0n) is 11.9. The fourth-order valence-corrected chi connectivity index (χ4v) is 4.23. The molecule has 1 aliphatic heterocycles. The van der Waals surface area contributed by atoms with Crippen LogP contribution < -0.4 is 16.0 Å². The zero-order valence-corrected chi connectivity index (χ0v) is 14.3. The van der Waals surface area contributed by atoms with Crippen LogP contribution in [0.3, 0.4) is 0 Å². The highest BCUT2D eigenvalue weighted by Crippen LogP contribution is 2.26. The van der Waals surface area contributed by atoms with E-state index in [0.717, 1.165) is 28.9 Å². The number of hydrogen-bond acceptors (Lipinski definition) is 5. The van der Waals surface area contributed by atoms with Crippen LogP contribution in [0.25, 0.3) is 0 Å². The van der Waals surface area contributed by atoms with Gasteiger partial charge in [-0.3, -0.25) is 11.3 Å². The number of hydrazine groups is 1. The first-order valence-electron chi connectivity index (χ1n) is 6.72. The highest BCUT2D eigenvalue weighted by Gasteiger charge is 2.27. The van der Waals surface area contributed by atoms with Crippen LogP contribution in [0.4, 0.5) is 0 Å². The lowest BCUT2D eigenvalue weighted by Crippen LogP contribution is -2.55. The van der Waals surface area contributed by atoms with E-state index in [1.54, 1.807) is 7.11 Å². The monoisotopic (exact) mass is 359 g/mol.